The van der Waals surface area contributed by atoms with Gasteiger partial charge in [0.05, 0.1) is 0 Å². The fourth-order valence-corrected chi connectivity index (χ4v) is 3.32. The zero-order valence-corrected chi connectivity index (χ0v) is 15.6. The van der Waals surface area contributed by atoms with Crippen LogP contribution in [0.25, 0.3) is 0 Å². The Bertz CT molecular complexity index is 614. The summed E-state index contributed by atoms with van der Waals surface area (Å²) in [6, 6.07) is 5.91. The van der Waals surface area contributed by atoms with E-state index in [0.29, 0.717) is 17.6 Å². The van der Waals surface area contributed by atoms with E-state index in [0.717, 1.165) is 24.0 Å². The van der Waals surface area contributed by atoms with Gasteiger partial charge in [0.1, 0.15) is 5.75 Å². The third-order valence-corrected chi connectivity index (χ3v) is 5.09. The normalized spacial score (nSPS) is 23.0. The first-order valence-corrected chi connectivity index (χ1v) is 9.02. The van der Waals surface area contributed by atoms with E-state index in [4.69, 9.17) is 9.47 Å². The highest BCUT2D eigenvalue weighted by Crippen LogP contribution is 2.29. The fraction of sp³-hybridized carbons (Fsp3) is 0.600. The number of aryl methyl sites for hydroxylation is 2. The van der Waals surface area contributed by atoms with Gasteiger partial charge in [0, 0.05) is 6.04 Å². The van der Waals surface area contributed by atoms with Crippen LogP contribution in [0.3, 0.4) is 0 Å². The largest absolute Gasteiger partial charge is 0.482 e. The van der Waals surface area contributed by atoms with E-state index >= 15 is 0 Å². The van der Waals surface area contributed by atoms with Gasteiger partial charge in [-0.05, 0) is 43.7 Å². The number of benzene rings is 1. The maximum Gasteiger partial charge on any atom is 0.344 e. The molecule has 3 atom stereocenters. The van der Waals surface area contributed by atoms with Gasteiger partial charge in [-0.1, -0.05) is 44.4 Å². The predicted molar refractivity (Wildman–Crippen MR) is 96.5 cm³/mol. The molecule has 0 spiro atoms. The average Bonchev–Trinajstić information content (AvgIpc) is 2.56. The van der Waals surface area contributed by atoms with Crippen molar-refractivity contribution < 1.29 is 19.1 Å². The van der Waals surface area contributed by atoms with Gasteiger partial charge >= 0.3 is 5.97 Å². The van der Waals surface area contributed by atoms with Crippen LogP contribution in [0.2, 0.25) is 0 Å². The number of nitrogens with one attached hydrogen (secondary N) is 1. The van der Waals surface area contributed by atoms with Gasteiger partial charge in [0.25, 0.3) is 5.91 Å². The van der Waals surface area contributed by atoms with Crippen molar-refractivity contribution in [2.45, 2.75) is 53.0 Å². The molecular formula is C20H29NO4. The Morgan fingerprint density at radius 1 is 1.16 bits per heavy atom. The average molecular weight is 347 g/mol. The minimum atomic E-state index is -0.541. The predicted octanol–water partition coefficient (Wildman–Crippen LogP) is 3.17. The summed E-state index contributed by atoms with van der Waals surface area (Å²) in [6.07, 6.45) is 3.32. The second kappa shape index (κ2) is 8.88. The maximum absolute atomic E-state index is 12.0. The van der Waals surface area contributed by atoms with E-state index in [-0.39, 0.29) is 25.2 Å². The summed E-state index contributed by atoms with van der Waals surface area (Å²) in [6.45, 7) is 7.84. The van der Waals surface area contributed by atoms with Gasteiger partial charge in [0.2, 0.25) is 0 Å². The Morgan fingerprint density at radius 3 is 2.64 bits per heavy atom. The monoisotopic (exact) mass is 347 g/mol. The third kappa shape index (κ3) is 5.76. The molecule has 5 heteroatoms. The number of amides is 1. The molecule has 1 aliphatic rings. The highest BCUT2D eigenvalue weighted by Gasteiger charge is 2.28. The summed E-state index contributed by atoms with van der Waals surface area (Å²) < 4.78 is 10.5. The number of ether oxygens (including phenoxy) is 2. The number of hydrogen-bond acceptors (Lipinski definition) is 4. The molecule has 0 radical (unpaired) electrons. The van der Waals surface area contributed by atoms with Gasteiger partial charge in [-0.3, -0.25) is 4.79 Å². The van der Waals surface area contributed by atoms with Crippen LogP contribution in [0.1, 0.15) is 44.2 Å². The summed E-state index contributed by atoms with van der Waals surface area (Å²) in [4.78, 5) is 23.8. The lowest BCUT2D eigenvalue weighted by atomic mass is 9.78. The van der Waals surface area contributed by atoms with Crippen LogP contribution in [0.15, 0.2) is 18.2 Å². The number of rotatable bonds is 6. The molecule has 0 aliphatic heterocycles. The van der Waals surface area contributed by atoms with Crippen molar-refractivity contribution in [1.29, 1.82) is 0 Å². The van der Waals surface area contributed by atoms with Crippen LogP contribution >= 0.6 is 0 Å². The lowest BCUT2D eigenvalue weighted by molar-refractivity contribution is -0.150. The topological polar surface area (TPSA) is 64.6 Å². The maximum atomic E-state index is 12.0. The van der Waals surface area contributed by atoms with Crippen molar-refractivity contribution in [2.75, 3.05) is 13.2 Å². The van der Waals surface area contributed by atoms with Crippen molar-refractivity contribution >= 4 is 11.9 Å². The first-order valence-electron chi connectivity index (χ1n) is 9.02. The van der Waals surface area contributed by atoms with Crippen molar-refractivity contribution in [3.05, 3.63) is 29.3 Å². The minimum absolute atomic E-state index is 0.168. The van der Waals surface area contributed by atoms with Crippen molar-refractivity contribution in [1.82, 2.24) is 5.32 Å². The molecule has 0 aromatic heterocycles. The third-order valence-electron chi connectivity index (χ3n) is 5.09. The number of carbonyl (C=O) groups is 2. The van der Waals surface area contributed by atoms with E-state index in [9.17, 15) is 9.59 Å². The van der Waals surface area contributed by atoms with E-state index in [1.165, 1.54) is 6.42 Å². The molecule has 0 saturated heterocycles. The Kier molecular flexibility index (Phi) is 6.85. The van der Waals surface area contributed by atoms with Crippen LogP contribution < -0.4 is 10.1 Å². The summed E-state index contributed by atoms with van der Waals surface area (Å²) in [5.74, 6) is 0.914. The molecule has 1 aromatic rings. The lowest BCUT2D eigenvalue weighted by Crippen LogP contribution is -2.45. The van der Waals surface area contributed by atoms with Crippen LogP contribution in [0.5, 0.6) is 5.75 Å². The van der Waals surface area contributed by atoms with Gasteiger partial charge in [-0.15, -0.1) is 0 Å². The first-order chi connectivity index (χ1) is 11.9. The number of hydrogen-bond donors (Lipinski definition) is 1. The molecule has 5 nitrogen and oxygen atoms in total. The summed E-state index contributed by atoms with van der Waals surface area (Å²) in [5.41, 5.74) is 2.10. The van der Waals surface area contributed by atoms with Crippen molar-refractivity contribution in [3.8, 4) is 5.75 Å². The molecule has 1 fully saturated rings. The molecule has 1 aliphatic carbocycles. The van der Waals surface area contributed by atoms with Gasteiger partial charge in [0.15, 0.2) is 13.2 Å². The molecule has 0 unspecified atom stereocenters. The molecule has 1 saturated carbocycles. The van der Waals surface area contributed by atoms with Gasteiger partial charge < -0.3 is 14.8 Å². The Balaban J connectivity index is 1.71. The molecule has 2 rings (SSSR count). The van der Waals surface area contributed by atoms with Gasteiger partial charge in [-0.25, -0.2) is 4.79 Å². The fourth-order valence-electron chi connectivity index (χ4n) is 3.32. The van der Waals surface area contributed by atoms with Crippen molar-refractivity contribution in [2.24, 2.45) is 11.8 Å². The Morgan fingerprint density at radius 2 is 1.92 bits per heavy atom. The smallest absolute Gasteiger partial charge is 0.344 e. The Labute approximate surface area is 150 Å². The van der Waals surface area contributed by atoms with Crippen LogP contribution in [0.4, 0.5) is 0 Å². The minimum Gasteiger partial charge on any atom is -0.482 e. The number of carbonyl (C=O) groups excluding carboxylic acids is 2. The summed E-state index contributed by atoms with van der Waals surface area (Å²) >= 11 is 0. The SMILES string of the molecule is Cc1ccc(OCC(=O)OCC(=O)N[C@H]2CCC[C@H](C)[C@@H]2C)c(C)c1. The summed E-state index contributed by atoms with van der Waals surface area (Å²) in [7, 11) is 0. The van der Waals surface area contributed by atoms with Crippen LogP contribution in [0, 0.1) is 25.7 Å². The highest BCUT2D eigenvalue weighted by atomic mass is 16.6. The Hall–Kier alpha value is -2.04. The second-order valence-corrected chi connectivity index (χ2v) is 7.16. The zero-order chi connectivity index (χ0) is 18.4. The van der Waals surface area contributed by atoms with Gasteiger partial charge in [-0.2, -0.15) is 0 Å². The molecule has 1 amide bonds. The highest BCUT2D eigenvalue weighted by molar-refractivity contribution is 5.81. The van der Waals surface area contributed by atoms with Crippen LogP contribution in [-0.4, -0.2) is 31.1 Å². The second-order valence-electron chi connectivity index (χ2n) is 7.16. The van der Waals surface area contributed by atoms with E-state index < -0.39 is 5.97 Å². The van der Waals surface area contributed by atoms with Crippen LogP contribution in [-0.2, 0) is 14.3 Å². The van der Waals surface area contributed by atoms with E-state index in [1.807, 2.05) is 32.0 Å². The first kappa shape index (κ1) is 19.3. The molecule has 0 bridgehead atoms. The van der Waals surface area contributed by atoms with Crippen molar-refractivity contribution in [3.63, 3.8) is 0 Å². The quantitative estimate of drug-likeness (QED) is 0.803. The molecule has 1 aromatic carbocycles. The zero-order valence-electron chi connectivity index (χ0n) is 15.6. The molecule has 1 N–H and O–H groups in total. The number of esters is 1. The molecular weight excluding hydrogens is 318 g/mol. The molecule has 138 valence electrons. The van der Waals surface area contributed by atoms with E-state index in [2.05, 4.69) is 19.2 Å². The molecule has 25 heavy (non-hydrogen) atoms. The lowest BCUT2D eigenvalue weighted by Gasteiger charge is -2.34. The van der Waals surface area contributed by atoms with E-state index in [1.54, 1.807) is 0 Å². The summed E-state index contributed by atoms with van der Waals surface area (Å²) in [5, 5.41) is 2.99. The molecule has 0 heterocycles. The standard InChI is InChI=1S/C20H29NO4/c1-13-8-9-18(15(3)10-13)24-12-20(23)25-11-19(22)21-17-7-5-6-14(2)16(17)4/h8-10,14,16-17H,5-7,11-12H2,1-4H3,(H,21,22)/t14-,16-,17-/m0/s1.